The van der Waals surface area contributed by atoms with E-state index in [1.165, 1.54) is 0 Å². The van der Waals surface area contributed by atoms with E-state index in [0.717, 1.165) is 11.1 Å². The van der Waals surface area contributed by atoms with Crippen LogP contribution in [0.15, 0.2) is 42.6 Å². The fourth-order valence-corrected chi connectivity index (χ4v) is 2.04. The molecule has 0 aliphatic rings. The van der Waals surface area contributed by atoms with Gasteiger partial charge in [-0.05, 0) is 35.7 Å². The zero-order valence-corrected chi connectivity index (χ0v) is 10.6. The van der Waals surface area contributed by atoms with E-state index in [1.807, 2.05) is 36.4 Å². The van der Waals surface area contributed by atoms with Crippen LogP contribution in [0.25, 0.3) is 0 Å². The van der Waals surface area contributed by atoms with Crippen LogP contribution in [0.5, 0.6) is 0 Å². The van der Waals surface area contributed by atoms with Crippen molar-refractivity contribution in [2.45, 2.75) is 12.5 Å². The molecule has 2 rings (SSSR count). The van der Waals surface area contributed by atoms with E-state index in [4.69, 9.17) is 23.2 Å². The number of hydrazine groups is 1. The molecule has 0 spiro atoms. The van der Waals surface area contributed by atoms with Gasteiger partial charge in [0.05, 0.1) is 6.04 Å². The summed E-state index contributed by atoms with van der Waals surface area (Å²) in [6, 6.07) is 11.3. The number of nitrogens with zero attached hydrogens (tertiary/aromatic N) is 1. The average molecular weight is 263 g/mol. The van der Waals surface area contributed by atoms with Crippen LogP contribution in [0, 0.1) is 0 Å². The van der Waals surface area contributed by atoms with Crippen molar-refractivity contribution in [1.82, 2.24) is 10.4 Å². The van der Waals surface area contributed by atoms with Gasteiger partial charge in [-0.3, -0.25) is 11.3 Å². The van der Waals surface area contributed by atoms with Crippen LogP contribution in [0.2, 0.25) is 5.02 Å². The number of nitrogen functional groups attached to an aromatic ring is 1. The Balaban J connectivity index is 2.23. The summed E-state index contributed by atoms with van der Waals surface area (Å²) in [6.45, 7) is 0. The van der Waals surface area contributed by atoms with Gasteiger partial charge in [-0.2, -0.15) is 0 Å². The second-order valence-corrected chi connectivity index (χ2v) is 4.46. The number of aromatic nitrogens is 1. The number of rotatable bonds is 4. The highest BCUT2D eigenvalue weighted by Gasteiger charge is 2.12. The first-order valence-corrected chi connectivity index (χ1v) is 5.99. The molecule has 0 bridgehead atoms. The lowest BCUT2D eigenvalue weighted by Gasteiger charge is -2.17. The fraction of sp³-hybridized carbons (Fsp3) is 0.154. The van der Waals surface area contributed by atoms with Crippen molar-refractivity contribution in [2.75, 3.05) is 5.73 Å². The summed E-state index contributed by atoms with van der Waals surface area (Å²) in [6.07, 6.45) is 2.33. The largest absolute Gasteiger partial charge is 0.383 e. The summed E-state index contributed by atoms with van der Waals surface area (Å²) in [7, 11) is 0. The number of nitrogens with two attached hydrogens (primary N) is 2. The zero-order chi connectivity index (χ0) is 13.0. The van der Waals surface area contributed by atoms with Crippen molar-refractivity contribution in [3.8, 4) is 0 Å². The van der Waals surface area contributed by atoms with Crippen molar-refractivity contribution in [1.29, 1.82) is 0 Å². The highest BCUT2D eigenvalue weighted by Crippen LogP contribution is 2.22. The maximum atomic E-state index is 5.97. The Labute approximate surface area is 111 Å². The monoisotopic (exact) mass is 262 g/mol. The maximum absolute atomic E-state index is 5.97. The summed E-state index contributed by atoms with van der Waals surface area (Å²) in [5.74, 6) is 6.13. The van der Waals surface area contributed by atoms with Crippen molar-refractivity contribution >= 4 is 17.4 Å². The van der Waals surface area contributed by atoms with Crippen LogP contribution in [0.4, 0.5) is 5.82 Å². The van der Waals surface area contributed by atoms with Gasteiger partial charge in [-0.1, -0.05) is 29.8 Å². The minimum Gasteiger partial charge on any atom is -0.383 e. The lowest BCUT2D eigenvalue weighted by Crippen LogP contribution is -2.29. The third-order valence-corrected chi connectivity index (χ3v) is 3.04. The molecule has 0 saturated heterocycles. The second kappa shape index (κ2) is 5.82. The summed E-state index contributed by atoms with van der Waals surface area (Å²) >= 11 is 5.97. The number of nitrogens with one attached hydrogen (secondary N) is 1. The first-order valence-electron chi connectivity index (χ1n) is 5.61. The topological polar surface area (TPSA) is 77.0 Å². The minimum atomic E-state index is -0.0461. The summed E-state index contributed by atoms with van der Waals surface area (Å²) in [4.78, 5) is 4.06. The highest BCUT2D eigenvalue weighted by molar-refractivity contribution is 6.30. The van der Waals surface area contributed by atoms with Gasteiger partial charge in [0.25, 0.3) is 0 Å². The van der Waals surface area contributed by atoms with E-state index in [0.29, 0.717) is 17.3 Å². The summed E-state index contributed by atoms with van der Waals surface area (Å²) in [5.41, 5.74) is 10.6. The fourth-order valence-electron chi connectivity index (χ4n) is 1.84. The van der Waals surface area contributed by atoms with E-state index in [1.54, 1.807) is 6.20 Å². The molecule has 1 heterocycles. The summed E-state index contributed by atoms with van der Waals surface area (Å²) < 4.78 is 0. The van der Waals surface area contributed by atoms with Gasteiger partial charge in [0.2, 0.25) is 0 Å². The van der Waals surface area contributed by atoms with Gasteiger partial charge in [-0.15, -0.1) is 0 Å². The highest BCUT2D eigenvalue weighted by atomic mass is 35.5. The lowest BCUT2D eigenvalue weighted by atomic mass is 10.00. The Hall–Kier alpha value is -1.62. The molecular weight excluding hydrogens is 248 g/mol. The molecule has 1 atom stereocenters. The zero-order valence-electron chi connectivity index (χ0n) is 9.81. The number of halogens is 1. The molecule has 0 aliphatic carbocycles. The summed E-state index contributed by atoms with van der Waals surface area (Å²) in [5, 5.41) is 0.687. The molecule has 0 saturated carbocycles. The van der Waals surface area contributed by atoms with Crippen LogP contribution < -0.4 is 17.0 Å². The Morgan fingerprint density at radius 1 is 1.28 bits per heavy atom. The van der Waals surface area contributed by atoms with Gasteiger partial charge >= 0.3 is 0 Å². The first kappa shape index (κ1) is 12.8. The van der Waals surface area contributed by atoms with Crippen molar-refractivity contribution in [2.24, 2.45) is 5.84 Å². The standard InChI is InChI=1S/C13H15ClN4/c14-11-5-1-3-9(7-11)12(18-16)8-10-4-2-6-17-13(10)15/h1-7,12,18H,8,16H2,(H2,15,17). The number of pyridine rings is 1. The predicted molar refractivity (Wildman–Crippen MR) is 73.9 cm³/mol. The smallest absolute Gasteiger partial charge is 0.126 e. The van der Waals surface area contributed by atoms with E-state index in [-0.39, 0.29) is 6.04 Å². The molecule has 18 heavy (non-hydrogen) atoms. The maximum Gasteiger partial charge on any atom is 0.126 e. The molecule has 0 amide bonds. The number of anilines is 1. The minimum absolute atomic E-state index is 0.0461. The van der Waals surface area contributed by atoms with E-state index >= 15 is 0 Å². The van der Waals surface area contributed by atoms with Crippen LogP contribution >= 0.6 is 11.6 Å². The van der Waals surface area contributed by atoms with Crippen LogP contribution in [-0.2, 0) is 6.42 Å². The molecule has 0 radical (unpaired) electrons. The third-order valence-electron chi connectivity index (χ3n) is 2.80. The molecule has 4 nitrogen and oxygen atoms in total. The average Bonchev–Trinajstić information content (AvgIpc) is 2.38. The van der Waals surface area contributed by atoms with Crippen molar-refractivity contribution < 1.29 is 0 Å². The normalized spacial score (nSPS) is 12.3. The number of hydrogen-bond acceptors (Lipinski definition) is 4. The Morgan fingerprint density at radius 3 is 2.78 bits per heavy atom. The molecule has 94 valence electrons. The molecule has 0 aliphatic heterocycles. The molecular formula is C13H15ClN4. The Kier molecular flexibility index (Phi) is 4.15. The molecule has 0 fully saturated rings. The predicted octanol–water partition coefficient (Wildman–Crippen LogP) is 2.06. The van der Waals surface area contributed by atoms with Crippen LogP contribution in [0.1, 0.15) is 17.2 Å². The van der Waals surface area contributed by atoms with Gasteiger partial charge < -0.3 is 5.73 Å². The molecule has 5 heteroatoms. The van der Waals surface area contributed by atoms with Gasteiger partial charge in [-0.25, -0.2) is 4.98 Å². The van der Waals surface area contributed by atoms with E-state index in [9.17, 15) is 0 Å². The van der Waals surface area contributed by atoms with Gasteiger partial charge in [0.1, 0.15) is 5.82 Å². The van der Waals surface area contributed by atoms with E-state index < -0.39 is 0 Å². The lowest BCUT2D eigenvalue weighted by molar-refractivity contribution is 0.552. The Bertz CT molecular complexity index is 530. The second-order valence-electron chi connectivity index (χ2n) is 4.03. The van der Waals surface area contributed by atoms with Crippen LogP contribution in [0.3, 0.4) is 0 Å². The molecule has 1 unspecified atom stereocenters. The van der Waals surface area contributed by atoms with Crippen molar-refractivity contribution in [3.05, 3.63) is 58.7 Å². The van der Waals surface area contributed by atoms with Gasteiger partial charge in [0, 0.05) is 11.2 Å². The number of hydrogen-bond donors (Lipinski definition) is 3. The molecule has 1 aromatic carbocycles. The molecule has 2 aromatic rings. The van der Waals surface area contributed by atoms with Crippen LogP contribution in [-0.4, -0.2) is 4.98 Å². The SMILES string of the molecule is NNC(Cc1cccnc1N)c1cccc(Cl)c1. The third kappa shape index (κ3) is 2.98. The quantitative estimate of drug-likeness (QED) is 0.582. The number of benzene rings is 1. The van der Waals surface area contributed by atoms with E-state index in [2.05, 4.69) is 10.4 Å². The Morgan fingerprint density at radius 2 is 2.11 bits per heavy atom. The van der Waals surface area contributed by atoms with Crippen molar-refractivity contribution in [3.63, 3.8) is 0 Å². The van der Waals surface area contributed by atoms with Gasteiger partial charge in [0.15, 0.2) is 0 Å². The first-order chi connectivity index (χ1) is 8.70. The molecule has 1 aromatic heterocycles. The molecule has 5 N–H and O–H groups in total.